The van der Waals surface area contributed by atoms with Gasteiger partial charge in [0.1, 0.15) is 0 Å². The Morgan fingerprint density at radius 2 is 1.81 bits per heavy atom. The molecule has 0 radical (unpaired) electrons. The van der Waals surface area contributed by atoms with Gasteiger partial charge in [-0.15, -0.1) is 0 Å². The summed E-state index contributed by atoms with van der Waals surface area (Å²) in [5.74, 6) is -0.548. The van der Waals surface area contributed by atoms with E-state index in [9.17, 15) is 14.4 Å². The van der Waals surface area contributed by atoms with E-state index < -0.39 is 5.41 Å². The van der Waals surface area contributed by atoms with Crippen molar-refractivity contribution in [3.05, 3.63) is 33.9 Å². The Labute approximate surface area is 124 Å². The second kappa shape index (κ2) is 5.10. The van der Waals surface area contributed by atoms with Crippen LogP contribution >= 0.6 is 0 Å². The van der Waals surface area contributed by atoms with Gasteiger partial charge in [0.2, 0.25) is 0 Å². The van der Waals surface area contributed by atoms with Gasteiger partial charge >= 0.3 is 5.97 Å². The van der Waals surface area contributed by atoms with Crippen molar-refractivity contribution in [3.8, 4) is 0 Å². The second-order valence-electron chi connectivity index (χ2n) is 6.09. The number of benzene rings is 1. The van der Waals surface area contributed by atoms with E-state index in [-0.39, 0.29) is 24.1 Å². The first-order valence-electron chi connectivity index (χ1n) is 7.04. The minimum Gasteiger partial charge on any atom is -0.466 e. The number of ether oxygens (including phenoxy) is 1. The van der Waals surface area contributed by atoms with Gasteiger partial charge in [-0.05, 0) is 50.5 Å². The van der Waals surface area contributed by atoms with Gasteiger partial charge < -0.3 is 4.74 Å². The SMILES string of the molecule is CC(=O)OCCc1c(C)cc2c(c1C)C(=O)C(C)(C)C2=O. The molecule has 21 heavy (non-hydrogen) atoms. The van der Waals surface area contributed by atoms with Crippen molar-refractivity contribution in [2.45, 2.75) is 41.0 Å². The highest BCUT2D eigenvalue weighted by Crippen LogP contribution is 2.39. The van der Waals surface area contributed by atoms with Crippen LogP contribution in [0.2, 0.25) is 0 Å². The molecule has 0 aromatic heterocycles. The van der Waals surface area contributed by atoms with Gasteiger partial charge in [-0.1, -0.05) is 0 Å². The van der Waals surface area contributed by atoms with Crippen LogP contribution in [0.1, 0.15) is 58.2 Å². The molecule has 0 unspecified atom stereocenters. The number of Topliss-reactive ketones (excluding diaryl/α,β-unsaturated/α-hetero) is 2. The quantitative estimate of drug-likeness (QED) is 0.634. The maximum absolute atomic E-state index is 12.5. The minimum atomic E-state index is -0.978. The summed E-state index contributed by atoms with van der Waals surface area (Å²) in [6.45, 7) is 8.77. The molecule has 0 spiro atoms. The lowest BCUT2D eigenvalue weighted by atomic mass is 9.87. The van der Waals surface area contributed by atoms with E-state index in [4.69, 9.17) is 4.74 Å². The molecule has 0 N–H and O–H groups in total. The monoisotopic (exact) mass is 288 g/mol. The number of rotatable bonds is 3. The highest BCUT2D eigenvalue weighted by atomic mass is 16.5. The molecule has 0 heterocycles. The van der Waals surface area contributed by atoms with Crippen molar-refractivity contribution in [3.63, 3.8) is 0 Å². The number of ketones is 2. The van der Waals surface area contributed by atoms with Crippen LogP contribution in [0.25, 0.3) is 0 Å². The molecule has 0 saturated carbocycles. The van der Waals surface area contributed by atoms with Gasteiger partial charge in [-0.3, -0.25) is 14.4 Å². The average Bonchev–Trinajstić information content (AvgIpc) is 2.55. The first-order valence-corrected chi connectivity index (χ1v) is 7.04. The van der Waals surface area contributed by atoms with Gasteiger partial charge in [0, 0.05) is 24.5 Å². The fraction of sp³-hybridized carbons (Fsp3) is 0.471. The lowest BCUT2D eigenvalue weighted by Crippen LogP contribution is -2.25. The molecule has 1 aromatic rings. The van der Waals surface area contributed by atoms with Crippen molar-refractivity contribution in [2.75, 3.05) is 6.61 Å². The van der Waals surface area contributed by atoms with Gasteiger partial charge in [-0.2, -0.15) is 0 Å². The fourth-order valence-electron chi connectivity index (χ4n) is 2.93. The third kappa shape index (κ3) is 2.39. The number of aryl methyl sites for hydroxylation is 1. The molecule has 0 bridgehead atoms. The molecule has 0 atom stereocenters. The van der Waals surface area contributed by atoms with Gasteiger partial charge in [0.25, 0.3) is 0 Å². The molecule has 0 aliphatic heterocycles. The standard InChI is InChI=1S/C17H20O4/c1-9-8-13-14(16(20)17(4,5)15(13)19)10(2)12(9)6-7-21-11(3)18/h8H,6-7H2,1-5H3. The van der Waals surface area contributed by atoms with Gasteiger partial charge in [0.05, 0.1) is 12.0 Å². The molecule has 0 fully saturated rings. The van der Waals surface area contributed by atoms with Crippen LogP contribution < -0.4 is 0 Å². The van der Waals surface area contributed by atoms with Crippen LogP contribution in [-0.4, -0.2) is 24.1 Å². The summed E-state index contributed by atoms with van der Waals surface area (Å²) < 4.78 is 4.97. The third-order valence-corrected chi connectivity index (χ3v) is 4.20. The van der Waals surface area contributed by atoms with E-state index in [1.54, 1.807) is 19.9 Å². The van der Waals surface area contributed by atoms with Crippen LogP contribution in [-0.2, 0) is 16.0 Å². The number of carbonyl (C=O) groups excluding carboxylic acids is 3. The molecule has 1 aliphatic rings. The normalized spacial score (nSPS) is 16.0. The van der Waals surface area contributed by atoms with E-state index >= 15 is 0 Å². The van der Waals surface area contributed by atoms with Crippen LogP contribution in [0.3, 0.4) is 0 Å². The number of carbonyl (C=O) groups is 3. The highest BCUT2D eigenvalue weighted by molar-refractivity contribution is 6.29. The molecule has 4 nitrogen and oxygen atoms in total. The van der Waals surface area contributed by atoms with E-state index in [1.165, 1.54) is 6.92 Å². The second-order valence-corrected chi connectivity index (χ2v) is 6.09. The Kier molecular flexibility index (Phi) is 3.74. The number of hydrogen-bond donors (Lipinski definition) is 0. The van der Waals surface area contributed by atoms with Crippen LogP contribution in [0.5, 0.6) is 0 Å². The van der Waals surface area contributed by atoms with Gasteiger partial charge in [-0.25, -0.2) is 0 Å². The number of hydrogen-bond acceptors (Lipinski definition) is 4. The van der Waals surface area contributed by atoms with Crippen molar-refractivity contribution in [2.24, 2.45) is 5.41 Å². The summed E-state index contributed by atoms with van der Waals surface area (Å²) in [5, 5.41) is 0. The Morgan fingerprint density at radius 1 is 1.19 bits per heavy atom. The van der Waals surface area contributed by atoms with E-state index in [2.05, 4.69) is 0 Å². The van der Waals surface area contributed by atoms with Crippen molar-refractivity contribution in [1.29, 1.82) is 0 Å². The van der Waals surface area contributed by atoms with Crippen LogP contribution in [0, 0.1) is 19.3 Å². The fourth-order valence-corrected chi connectivity index (χ4v) is 2.93. The summed E-state index contributed by atoms with van der Waals surface area (Å²) in [6, 6.07) is 1.79. The zero-order valence-electron chi connectivity index (χ0n) is 13.1. The predicted molar refractivity (Wildman–Crippen MR) is 78.7 cm³/mol. The molecule has 0 saturated heterocycles. The maximum Gasteiger partial charge on any atom is 0.302 e. The number of fused-ring (bicyclic) bond motifs is 1. The summed E-state index contributed by atoms with van der Waals surface area (Å²) in [5.41, 5.74) is 2.85. The first kappa shape index (κ1) is 15.4. The summed E-state index contributed by atoms with van der Waals surface area (Å²) in [6.07, 6.45) is 0.548. The van der Waals surface area contributed by atoms with Crippen LogP contribution in [0.4, 0.5) is 0 Å². The molecule has 1 aromatic carbocycles. The summed E-state index contributed by atoms with van der Waals surface area (Å²) >= 11 is 0. The van der Waals surface area contributed by atoms with Crippen molar-refractivity contribution in [1.82, 2.24) is 0 Å². The molecular formula is C17H20O4. The number of esters is 1. The Bertz CT molecular complexity index is 653. The maximum atomic E-state index is 12.5. The molecule has 4 heteroatoms. The lowest BCUT2D eigenvalue weighted by molar-refractivity contribution is -0.140. The van der Waals surface area contributed by atoms with Gasteiger partial charge in [0.15, 0.2) is 11.6 Å². The third-order valence-electron chi connectivity index (χ3n) is 4.20. The Balaban J connectivity index is 2.45. The Morgan fingerprint density at radius 3 is 2.38 bits per heavy atom. The van der Waals surface area contributed by atoms with Crippen molar-refractivity contribution >= 4 is 17.5 Å². The largest absolute Gasteiger partial charge is 0.466 e. The Hall–Kier alpha value is -1.97. The average molecular weight is 288 g/mol. The van der Waals surface area contributed by atoms with Crippen LogP contribution in [0.15, 0.2) is 6.07 Å². The molecule has 0 amide bonds. The van der Waals surface area contributed by atoms with Crippen molar-refractivity contribution < 1.29 is 19.1 Å². The summed E-state index contributed by atoms with van der Waals surface area (Å²) in [7, 11) is 0. The molecular weight excluding hydrogens is 268 g/mol. The van der Waals surface area contributed by atoms with E-state index in [0.29, 0.717) is 17.5 Å². The highest BCUT2D eigenvalue weighted by Gasteiger charge is 2.46. The van der Waals surface area contributed by atoms with E-state index in [0.717, 1.165) is 16.7 Å². The molecule has 1 aliphatic carbocycles. The lowest BCUT2D eigenvalue weighted by Gasteiger charge is -2.14. The topological polar surface area (TPSA) is 60.4 Å². The molecule has 112 valence electrons. The minimum absolute atomic E-state index is 0.111. The predicted octanol–water partition coefficient (Wildman–Crippen LogP) is 2.81. The summed E-state index contributed by atoms with van der Waals surface area (Å²) in [4.78, 5) is 35.7. The van der Waals surface area contributed by atoms with E-state index in [1.807, 2.05) is 13.8 Å². The zero-order valence-corrected chi connectivity index (χ0v) is 13.1. The molecule has 2 rings (SSSR count). The zero-order chi connectivity index (χ0) is 15.9. The smallest absolute Gasteiger partial charge is 0.302 e. The first-order chi connectivity index (χ1) is 9.67.